The molecule has 2 aliphatic rings. The Morgan fingerprint density at radius 3 is 2.29 bits per heavy atom. The van der Waals surface area contributed by atoms with E-state index in [1.807, 2.05) is 0 Å². The Morgan fingerprint density at radius 1 is 1.29 bits per heavy atom. The molecule has 0 radical (unpaired) electrons. The van der Waals surface area contributed by atoms with Crippen molar-refractivity contribution in [2.45, 2.75) is 25.7 Å². The minimum Gasteiger partial charge on any atom is -0.550 e. The third-order valence-electron chi connectivity index (χ3n) is 3.58. The molecule has 2 fully saturated rings. The Morgan fingerprint density at radius 2 is 1.93 bits per heavy atom. The van der Waals surface area contributed by atoms with Crippen LogP contribution in [0.3, 0.4) is 0 Å². The Kier molecular flexibility index (Phi) is 3.67. The van der Waals surface area contributed by atoms with Gasteiger partial charge in [-0.3, -0.25) is 0 Å². The number of hydrogen-bond acceptors (Lipinski definition) is 4. The van der Waals surface area contributed by atoms with Crippen molar-refractivity contribution < 1.29 is 19.8 Å². The first-order valence-electron chi connectivity index (χ1n) is 4.48. The van der Waals surface area contributed by atoms with E-state index in [9.17, 15) is 19.8 Å². The van der Waals surface area contributed by atoms with Crippen LogP contribution < -0.4 is 10.2 Å². The summed E-state index contributed by atoms with van der Waals surface area (Å²) in [7, 11) is 0. The second-order valence-corrected chi connectivity index (χ2v) is 4.16. The summed E-state index contributed by atoms with van der Waals surface area (Å²) in [6.45, 7) is 0. The molecule has 0 aromatic heterocycles. The van der Waals surface area contributed by atoms with E-state index in [-0.39, 0.29) is 51.4 Å². The van der Waals surface area contributed by atoms with Crippen molar-refractivity contribution in [1.82, 2.24) is 0 Å². The van der Waals surface area contributed by atoms with Crippen molar-refractivity contribution in [3.05, 3.63) is 0 Å². The summed E-state index contributed by atoms with van der Waals surface area (Å²) in [6.07, 6.45) is 2.18. The number of hydrogen-bond donors (Lipinski definition) is 0. The largest absolute Gasteiger partial charge is 2.00 e. The maximum atomic E-state index is 10.9. The molecule has 5 heteroatoms. The van der Waals surface area contributed by atoms with Crippen LogP contribution in [-0.4, -0.2) is 57.4 Å². The summed E-state index contributed by atoms with van der Waals surface area (Å²) in [4.78, 5) is 21.6. The minimum atomic E-state index is -1.23. The average molecular weight is 270 g/mol. The van der Waals surface area contributed by atoms with Crippen LogP contribution in [0.2, 0.25) is 0 Å². The average Bonchev–Trinajstić information content (AvgIpc) is 2.60. The van der Waals surface area contributed by atoms with Gasteiger partial charge in [0.05, 0.1) is 0 Å². The number of carbonyl (C=O) groups is 2. The predicted octanol–water partition coefficient (Wildman–Crippen LogP) is -2.09. The Hall–Kier alpha value is 0.421. The molecule has 3 unspecified atom stereocenters. The van der Waals surface area contributed by atoms with E-state index < -0.39 is 23.3 Å². The number of carboxylic acids is 2. The van der Waals surface area contributed by atoms with Crippen LogP contribution >= 0.6 is 0 Å². The van der Waals surface area contributed by atoms with Gasteiger partial charge >= 0.3 is 45.5 Å². The monoisotopic (exact) mass is 270 g/mol. The molecular formula is C9H10O4Sr. The third-order valence-corrected chi connectivity index (χ3v) is 3.58. The smallest absolute Gasteiger partial charge is 0.550 e. The second-order valence-electron chi connectivity index (χ2n) is 4.16. The fourth-order valence-electron chi connectivity index (χ4n) is 2.91. The van der Waals surface area contributed by atoms with E-state index in [0.29, 0.717) is 19.3 Å². The molecule has 14 heavy (non-hydrogen) atoms. The predicted molar refractivity (Wildman–Crippen MR) is 43.6 cm³/mol. The first kappa shape index (κ1) is 12.5. The number of carboxylic acid groups (broad SMARTS) is 2. The molecule has 0 aromatic carbocycles. The Labute approximate surface area is 119 Å². The second kappa shape index (κ2) is 4.12. The Balaban J connectivity index is 0.000000980. The number of fused-ring (bicyclic) bond motifs is 2. The molecule has 2 rings (SSSR count). The molecule has 0 heterocycles. The maximum Gasteiger partial charge on any atom is 2.00 e. The molecule has 0 saturated heterocycles. The van der Waals surface area contributed by atoms with E-state index in [1.165, 1.54) is 0 Å². The van der Waals surface area contributed by atoms with Crippen molar-refractivity contribution in [3.8, 4) is 0 Å². The number of rotatable bonds is 2. The van der Waals surface area contributed by atoms with Crippen LogP contribution in [0, 0.1) is 17.3 Å². The first-order chi connectivity index (χ1) is 6.06. The molecule has 0 amide bonds. The van der Waals surface area contributed by atoms with Crippen molar-refractivity contribution in [2.75, 3.05) is 0 Å². The third kappa shape index (κ3) is 1.64. The number of aliphatic carboxylic acids is 2. The fourth-order valence-corrected chi connectivity index (χ4v) is 2.91. The molecule has 3 atom stereocenters. The van der Waals surface area contributed by atoms with Gasteiger partial charge in [-0.15, -0.1) is 0 Å². The summed E-state index contributed by atoms with van der Waals surface area (Å²) in [5.41, 5.74) is -1.11. The molecule has 72 valence electrons. The Bertz CT molecular complexity index is 278. The van der Waals surface area contributed by atoms with Gasteiger partial charge in [-0.1, -0.05) is 0 Å². The molecule has 0 aliphatic heterocycles. The summed E-state index contributed by atoms with van der Waals surface area (Å²) >= 11 is 0. The molecule has 2 aliphatic carbocycles. The quantitative estimate of drug-likeness (QED) is 0.539. The van der Waals surface area contributed by atoms with Gasteiger partial charge in [-0.2, -0.15) is 0 Å². The summed E-state index contributed by atoms with van der Waals surface area (Å²) in [5, 5.41) is 21.6. The summed E-state index contributed by atoms with van der Waals surface area (Å²) in [5.74, 6) is -3.01. The zero-order valence-corrected chi connectivity index (χ0v) is 11.3. The van der Waals surface area contributed by atoms with Crippen LogP contribution in [0.15, 0.2) is 0 Å². The summed E-state index contributed by atoms with van der Waals surface area (Å²) < 4.78 is 0. The van der Waals surface area contributed by atoms with Crippen LogP contribution in [0.25, 0.3) is 0 Å². The van der Waals surface area contributed by atoms with E-state index in [4.69, 9.17) is 0 Å². The summed E-state index contributed by atoms with van der Waals surface area (Å²) in [6, 6.07) is 0. The van der Waals surface area contributed by atoms with Crippen molar-refractivity contribution >= 4 is 57.4 Å². The van der Waals surface area contributed by atoms with Gasteiger partial charge < -0.3 is 19.8 Å². The first-order valence-corrected chi connectivity index (χ1v) is 4.48. The van der Waals surface area contributed by atoms with Gasteiger partial charge in [0.1, 0.15) is 0 Å². The molecule has 2 bridgehead atoms. The van der Waals surface area contributed by atoms with Crippen LogP contribution in [-0.2, 0) is 9.59 Å². The molecule has 0 N–H and O–H groups in total. The maximum absolute atomic E-state index is 10.9. The van der Waals surface area contributed by atoms with Crippen molar-refractivity contribution in [2.24, 2.45) is 17.3 Å². The zero-order chi connectivity index (χ0) is 9.64. The molecule has 2 saturated carbocycles. The molecule has 0 spiro atoms. The molecular weight excluding hydrogens is 260 g/mol. The SMILES string of the molecule is O=C([O-])C1CC2CCC1(C(=O)[O-])C2.[Sr+2]. The van der Waals surface area contributed by atoms with Gasteiger partial charge in [0.25, 0.3) is 0 Å². The van der Waals surface area contributed by atoms with Gasteiger partial charge in [-0.05, 0) is 31.6 Å². The number of carbonyl (C=O) groups excluding carboxylic acids is 2. The topological polar surface area (TPSA) is 80.3 Å². The van der Waals surface area contributed by atoms with Gasteiger partial charge in [0, 0.05) is 23.3 Å². The van der Waals surface area contributed by atoms with Crippen molar-refractivity contribution in [3.63, 3.8) is 0 Å². The van der Waals surface area contributed by atoms with Crippen LogP contribution in [0.1, 0.15) is 25.7 Å². The van der Waals surface area contributed by atoms with Gasteiger partial charge in [-0.25, -0.2) is 0 Å². The van der Waals surface area contributed by atoms with E-state index in [1.54, 1.807) is 0 Å². The molecule has 4 nitrogen and oxygen atoms in total. The minimum absolute atomic E-state index is 0. The fraction of sp³-hybridized carbons (Fsp3) is 0.778. The van der Waals surface area contributed by atoms with Crippen LogP contribution in [0.5, 0.6) is 0 Å². The molecule has 0 aromatic rings. The van der Waals surface area contributed by atoms with E-state index in [2.05, 4.69) is 0 Å². The van der Waals surface area contributed by atoms with Crippen LogP contribution in [0.4, 0.5) is 0 Å². The normalized spacial score (nSPS) is 39.1. The van der Waals surface area contributed by atoms with E-state index in [0.717, 1.165) is 6.42 Å². The van der Waals surface area contributed by atoms with Gasteiger partial charge in [0.15, 0.2) is 0 Å². The zero-order valence-electron chi connectivity index (χ0n) is 7.82. The van der Waals surface area contributed by atoms with Crippen molar-refractivity contribution in [1.29, 1.82) is 0 Å². The van der Waals surface area contributed by atoms with Gasteiger partial charge in [0.2, 0.25) is 0 Å². The standard InChI is InChI=1S/C9H12O4.Sr/c10-7(11)6-3-5-1-2-9(6,4-5)8(12)13;/h5-6H,1-4H2,(H,10,11)(H,12,13);/q;+2/p-2. The van der Waals surface area contributed by atoms with E-state index >= 15 is 0 Å².